The van der Waals surface area contributed by atoms with Crippen LogP contribution >= 0.6 is 12.2 Å². The average molecular weight is 269 g/mol. The molecule has 0 radical (unpaired) electrons. The largest absolute Gasteiger partial charge is 0.294 e. The minimum Gasteiger partial charge on any atom is -0.294 e. The first-order valence-corrected chi connectivity index (χ1v) is 6.35. The van der Waals surface area contributed by atoms with Crippen LogP contribution in [-0.2, 0) is 6.54 Å². The molecule has 0 spiro atoms. The molecule has 1 aliphatic carbocycles. The number of thiocarbonyl (C=S) groups is 1. The molecule has 0 bridgehead atoms. The van der Waals surface area contributed by atoms with Gasteiger partial charge in [-0.3, -0.25) is 9.36 Å². The van der Waals surface area contributed by atoms with Crippen LogP contribution in [0.15, 0.2) is 53.3 Å². The quantitative estimate of drug-likeness (QED) is 0.783. The number of allylic oxidation sites excluding steroid dienone is 4. The molecule has 2 aromatic rings. The molecule has 19 heavy (non-hydrogen) atoms. The highest BCUT2D eigenvalue weighted by molar-refractivity contribution is 7.80. The summed E-state index contributed by atoms with van der Waals surface area (Å²) in [6.07, 6.45) is 9.84. The summed E-state index contributed by atoms with van der Waals surface area (Å²) in [5, 5.41) is 0.530. The summed E-state index contributed by atoms with van der Waals surface area (Å²) in [6.45, 7) is 0.458. The lowest BCUT2D eigenvalue weighted by Crippen LogP contribution is -2.23. The van der Waals surface area contributed by atoms with Gasteiger partial charge < -0.3 is 0 Å². The fourth-order valence-corrected chi connectivity index (χ4v) is 2.25. The highest BCUT2D eigenvalue weighted by atomic mass is 32.1. The van der Waals surface area contributed by atoms with Crippen molar-refractivity contribution < 1.29 is 0 Å². The first kappa shape index (κ1) is 11.9. The molecule has 0 amide bonds. The summed E-state index contributed by atoms with van der Waals surface area (Å²) in [6, 6.07) is 3.48. The van der Waals surface area contributed by atoms with E-state index >= 15 is 0 Å². The summed E-state index contributed by atoms with van der Waals surface area (Å²) < 4.78 is 1.57. The van der Waals surface area contributed by atoms with Crippen molar-refractivity contribution in [2.45, 2.75) is 13.0 Å². The van der Waals surface area contributed by atoms with Gasteiger partial charge in [-0.05, 0) is 17.7 Å². The Bertz CT molecular complexity index is 774. The van der Waals surface area contributed by atoms with E-state index in [1.807, 2.05) is 18.2 Å². The maximum atomic E-state index is 12.3. The Morgan fingerprint density at radius 1 is 1.37 bits per heavy atom. The van der Waals surface area contributed by atoms with Gasteiger partial charge in [-0.2, -0.15) is 0 Å². The molecule has 94 valence electrons. The van der Waals surface area contributed by atoms with Crippen LogP contribution in [0.1, 0.15) is 6.42 Å². The van der Waals surface area contributed by atoms with Crippen molar-refractivity contribution in [1.29, 1.82) is 0 Å². The number of aromatic nitrogens is 3. The summed E-state index contributed by atoms with van der Waals surface area (Å²) in [5.41, 5.74) is 1.38. The van der Waals surface area contributed by atoms with Gasteiger partial charge in [0.05, 0.1) is 11.9 Å². The molecule has 0 saturated heterocycles. The van der Waals surface area contributed by atoms with Crippen LogP contribution in [0.25, 0.3) is 11.0 Å². The Hall–Kier alpha value is -2.14. The minimum atomic E-state index is -0.0867. The monoisotopic (exact) mass is 269 g/mol. The van der Waals surface area contributed by atoms with Crippen LogP contribution in [-0.4, -0.2) is 19.4 Å². The van der Waals surface area contributed by atoms with E-state index in [0.29, 0.717) is 17.6 Å². The third-order valence-electron chi connectivity index (χ3n) is 3.03. The van der Waals surface area contributed by atoms with Crippen molar-refractivity contribution in [3.8, 4) is 0 Å². The van der Waals surface area contributed by atoms with Gasteiger partial charge in [0.2, 0.25) is 0 Å². The maximum Gasteiger partial charge on any atom is 0.263 e. The molecule has 0 unspecified atom stereocenters. The Balaban J connectivity index is 2.04. The standard InChI is InChI=1S/C14H11N3OS/c18-14-11-5-3-7-15-13(11)16-9-17(14)8-10-4-1-2-6-12(10)19/h1-5,7,9H,6,8H2. The van der Waals surface area contributed by atoms with Crippen molar-refractivity contribution in [3.63, 3.8) is 0 Å². The van der Waals surface area contributed by atoms with E-state index in [0.717, 1.165) is 16.9 Å². The fourth-order valence-electron chi connectivity index (χ4n) is 2.02. The third kappa shape index (κ3) is 2.24. The predicted molar refractivity (Wildman–Crippen MR) is 78.2 cm³/mol. The van der Waals surface area contributed by atoms with E-state index in [-0.39, 0.29) is 5.56 Å². The van der Waals surface area contributed by atoms with Crippen LogP contribution in [0.5, 0.6) is 0 Å². The first-order chi connectivity index (χ1) is 9.25. The van der Waals surface area contributed by atoms with E-state index < -0.39 is 0 Å². The van der Waals surface area contributed by atoms with E-state index in [1.165, 1.54) is 6.33 Å². The fraction of sp³-hybridized carbons (Fsp3) is 0.143. The van der Waals surface area contributed by atoms with E-state index in [9.17, 15) is 4.79 Å². The second-order valence-electron chi connectivity index (χ2n) is 4.30. The second kappa shape index (κ2) is 4.85. The van der Waals surface area contributed by atoms with Crippen LogP contribution in [0.3, 0.4) is 0 Å². The van der Waals surface area contributed by atoms with Gasteiger partial charge in [-0.1, -0.05) is 30.4 Å². The van der Waals surface area contributed by atoms with Crippen LogP contribution in [0, 0.1) is 0 Å². The van der Waals surface area contributed by atoms with Gasteiger partial charge in [0.15, 0.2) is 5.65 Å². The van der Waals surface area contributed by atoms with Gasteiger partial charge in [-0.25, -0.2) is 9.97 Å². The molecule has 0 aliphatic heterocycles. The zero-order valence-electron chi connectivity index (χ0n) is 10.1. The van der Waals surface area contributed by atoms with Gasteiger partial charge in [-0.15, -0.1) is 0 Å². The lowest BCUT2D eigenvalue weighted by atomic mass is 10.1. The summed E-state index contributed by atoms with van der Waals surface area (Å²) in [4.78, 5) is 21.4. The molecule has 1 aliphatic rings. The van der Waals surface area contributed by atoms with Gasteiger partial charge in [0.25, 0.3) is 5.56 Å². The second-order valence-corrected chi connectivity index (χ2v) is 4.79. The number of fused-ring (bicyclic) bond motifs is 1. The Labute approximate surface area is 115 Å². The molecule has 5 heteroatoms. The highest BCUT2D eigenvalue weighted by Gasteiger charge is 2.10. The number of hydrogen-bond donors (Lipinski definition) is 0. The smallest absolute Gasteiger partial charge is 0.263 e. The van der Waals surface area contributed by atoms with Crippen molar-refractivity contribution >= 4 is 28.1 Å². The number of pyridine rings is 1. The molecular weight excluding hydrogens is 258 g/mol. The summed E-state index contributed by atoms with van der Waals surface area (Å²) in [5.74, 6) is 0. The molecule has 2 aromatic heterocycles. The highest BCUT2D eigenvalue weighted by Crippen LogP contribution is 2.12. The number of nitrogens with zero attached hydrogens (tertiary/aromatic N) is 3. The van der Waals surface area contributed by atoms with Crippen molar-refractivity contribution in [3.05, 3.63) is 58.8 Å². The first-order valence-electron chi connectivity index (χ1n) is 5.95. The Kier molecular flexibility index (Phi) is 3.05. The van der Waals surface area contributed by atoms with Crippen molar-refractivity contribution in [1.82, 2.24) is 14.5 Å². The van der Waals surface area contributed by atoms with Crippen LogP contribution in [0.4, 0.5) is 0 Å². The Morgan fingerprint density at radius 2 is 2.26 bits per heavy atom. The average Bonchev–Trinajstić information content (AvgIpc) is 2.44. The molecular formula is C14H11N3OS. The zero-order chi connectivity index (χ0) is 13.2. The minimum absolute atomic E-state index is 0.0867. The predicted octanol–water partition coefficient (Wildman–Crippen LogP) is 2.05. The van der Waals surface area contributed by atoms with Crippen molar-refractivity contribution in [2.75, 3.05) is 0 Å². The van der Waals surface area contributed by atoms with Gasteiger partial charge >= 0.3 is 0 Å². The molecule has 2 heterocycles. The molecule has 0 N–H and O–H groups in total. The molecule has 0 saturated carbocycles. The van der Waals surface area contributed by atoms with E-state index in [1.54, 1.807) is 22.9 Å². The third-order valence-corrected chi connectivity index (χ3v) is 3.46. The molecule has 0 fully saturated rings. The van der Waals surface area contributed by atoms with Gasteiger partial charge in [0, 0.05) is 17.5 Å². The molecule has 0 atom stereocenters. The summed E-state index contributed by atoms with van der Waals surface area (Å²) in [7, 11) is 0. The number of hydrogen-bond acceptors (Lipinski definition) is 4. The summed E-state index contributed by atoms with van der Waals surface area (Å²) >= 11 is 5.30. The van der Waals surface area contributed by atoms with Crippen LogP contribution < -0.4 is 5.56 Å². The Morgan fingerprint density at radius 3 is 3.11 bits per heavy atom. The van der Waals surface area contributed by atoms with Crippen molar-refractivity contribution in [2.24, 2.45) is 0 Å². The van der Waals surface area contributed by atoms with Crippen LogP contribution in [0.2, 0.25) is 0 Å². The molecule has 4 nitrogen and oxygen atoms in total. The topological polar surface area (TPSA) is 47.8 Å². The van der Waals surface area contributed by atoms with E-state index in [2.05, 4.69) is 9.97 Å². The zero-order valence-corrected chi connectivity index (χ0v) is 10.9. The lowest BCUT2D eigenvalue weighted by molar-refractivity contribution is 0.751. The molecule has 3 rings (SSSR count). The normalized spacial score (nSPS) is 14.7. The number of rotatable bonds is 2. The van der Waals surface area contributed by atoms with Gasteiger partial charge in [0.1, 0.15) is 6.33 Å². The maximum absolute atomic E-state index is 12.3. The SMILES string of the molecule is O=c1c2cccnc2ncn1CC1=CC=CCC1=S. The molecule has 0 aromatic carbocycles. The lowest BCUT2D eigenvalue weighted by Gasteiger charge is -2.12. The van der Waals surface area contributed by atoms with E-state index in [4.69, 9.17) is 12.2 Å².